The second-order valence-corrected chi connectivity index (χ2v) is 4.29. The second kappa shape index (κ2) is 7.86. The molecule has 0 radical (unpaired) electrons. The van der Waals surface area contributed by atoms with E-state index < -0.39 is 0 Å². The Morgan fingerprint density at radius 2 is 2.00 bits per heavy atom. The van der Waals surface area contributed by atoms with Crippen molar-refractivity contribution in [1.82, 2.24) is 4.90 Å². The molecule has 0 spiro atoms. The van der Waals surface area contributed by atoms with Crippen molar-refractivity contribution in [2.24, 2.45) is 11.8 Å². The van der Waals surface area contributed by atoms with Gasteiger partial charge in [-0.2, -0.15) is 0 Å². The van der Waals surface area contributed by atoms with E-state index in [2.05, 4.69) is 11.8 Å². The SMILES string of the molecule is CC.CCN1CCCC(C(=O)C(C)C)C1. The Kier molecular flexibility index (Phi) is 7.67. The third-order valence-electron chi connectivity index (χ3n) is 2.92. The molecule has 0 aromatic rings. The standard InChI is InChI=1S/C11H21NO.C2H6/c1-4-12-7-5-6-10(8-12)11(13)9(2)3;1-2/h9-10H,4-8H2,1-3H3;1-2H3. The van der Waals surface area contributed by atoms with Gasteiger partial charge in [0.15, 0.2) is 0 Å². The minimum absolute atomic E-state index is 0.210. The van der Waals surface area contributed by atoms with Gasteiger partial charge in [-0.1, -0.05) is 34.6 Å². The van der Waals surface area contributed by atoms with Gasteiger partial charge in [0, 0.05) is 18.4 Å². The molecule has 1 rings (SSSR count). The fraction of sp³-hybridized carbons (Fsp3) is 0.923. The molecule has 1 aliphatic heterocycles. The van der Waals surface area contributed by atoms with E-state index in [0.29, 0.717) is 11.7 Å². The molecule has 90 valence electrons. The molecule has 0 aliphatic carbocycles. The normalized spacial score (nSPS) is 22.1. The lowest BCUT2D eigenvalue weighted by Gasteiger charge is -2.31. The zero-order valence-electron chi connectivity index (χ0n) is 11.0. The average molecular weight is 213 g/mol. The molecule has 0 aromatic heterocycles. The topological polar surface area (TPSA) is 20.3 Å². The molecule has 1 unspecified atom stereocenters. The number of likely N-dealkylation sites (tertiary alicyclic amines) is 1. The molecule has 0 saturated carbocycles. The number of carbonyl (C=O) groups excluding carboxylic acids is 1. The summed E-state index contributed by atoms with van der Waals surface area (Å²) >= 11 is 0. The first kappa shape index (κ1) is 14.6. The van der Waals surface area contributed by atoms with Crippen molar-refractivity contribution >= 4 is 5.78 Å². The summed E-state index contributed by atoms with van der Waals surface area (Å²) in [6, 6.07) is 0. The van der Waals surface area contributed by atoms with E-state index in [1.54, 1.807) is 0 Å². The Balaban J connectivity index is 0.000000921. The van der Waals surface area contributed by atoms with Crippen LogP contribution in [0.5, 0.6) is 0 Å². The van der Waals surface area contributed by atoms with Crippen LogP contribution in [0, 0.1) is 11.8 Å². The van der Waals surface area contributed by atoms with Gasteiger partial charge in [-0.25, -0.2) is 0 Å². The van der Waals surface area contributed by atoms with Gasteiger partial charge in [-0.3, -0.25) is 4.79 Å². The molecule has 0 N–H and O–H groups in total. The molecule has 1 heterocycles. The van der Waals surface area contributed by atoms with E-state index in [1.807, 2.05) is 27.7 Å². The predicted molar refractivity (Wildman–Crippen MR) is 66.0 cm³/mol. The lowest BCUT2D eigenvalue weighted by atomic mass is 9.88. The van der Waals surface area contributed by atoms with Crippen LogP contribution in [0.2, 0.25) is 0 Å². The highest BCUT2D eigenvalue weighted by atomic mass is 16.1. The van der Waals surface area contributed by atoms with Crippen molar-refractivity contribution in [1.29, 1.82) is 0 Å². The molecule has 1 fully saturated rings. The number of hydrogen-bond acceptors (Lipinski definition) is 2. The average Bonchev–Trinajstić information content (AvgIpc) is 2.30. The van der Waals surface area contributed by atoms with Gasteiger partial charge in [0.1, 0.15) is 5.78 Å². The number of hydrogen-bond donors (Lipinski definition) is 0. The Morgan fingerprint density at radius 3 is 2.47 bits per heavy atom. The van der Waals surface area contributed by atoms with Gasteiger partial charge in [0.2, 0.25) is 0 Å². The van der Waals surface area contributed by atoms with E-state index in [-0.39, 0.29) is 5.92 Å². The van der Waals surface area contributed by atoms with Crippen LogP contribution >= 0.6 is 0 Å². The minimum Gasteiger partial charge on any atom is -0.303 e. The quantitative estimate of drug-likeness (QED) is 0.718. The molecule has 15 heavy (non-hydrogen) atoms. The van der Waals surface area contributed by atoms with Crippen LogP contribution in [-0.2, 0) is 4.79 Å². The molecule has 0 amide bonds. The molecule has 1 atom stereocenters. The van der Waals surface area contributed by atoms with Crippen LogP contribution < -0.4 is 0 Å². The van der Waals surface area contributed by atoms with Gasteiger partial charge < -0.3 is 4.90 Å². The first-order valence-corrected chi connectivity index (χ1v) is 6.41. The zero-order valence-corrected chi connectivity index (χ0v) is 11.0. The summed E-state index contributed by atoms with van der Waals surface area (Å²) in [6.45, 7) is 13.4. The number of carbonyl (C=O) groups is 1. The summed E-state index contributed by atoms with van der Waals surface area (Å²) in [7, 11) is 0. The van der Waals surface area contributed by atoms with E-state index in [4.69, 9.17) is 0 Å². The molecule has 0 aromatic carbocycles. The first-order chi connectivity index (χ1) is 7.15. The largest absolute Gasteiger partial charge is 0.303 e. The smallest absolute Gasteiger partial charge is 0.139 e. The Bertz CT molecular complexity index is 177. The van der Waals surface area contributed by atoms with Crippen molar-refractivity contribution in [3.8, 4) is 0 Å². The highest BCUT2D eigenvalue weighted by Gasteiger charge is 2.26. The maximum absolute atomic E-state index is 11.7. The number of rotatable bonds is 3. The molecular formula is C13H27NO. The summed E-state index contributed by atoms with van der Waals surface area (Å²) in [4.78, 5) is 14.1. The lowest BCUT2D eigenvalue weighted by Crippen LogP contribution is -2.39. The van der Waals surface area contributed by atoms with Crippen LogP contribution in [0.25, 0.3) is 0 Å². The van der Waals surface area contributed by atoms with Crippen molar-refractivity contribution < 1.29 is 4.79 Å². The Hall–Kier alpha value is -0.370. The fourth-order valence-corrected chi connectivity index (χ4v) is 2.05. The molecule has 1 aliphatic rings. The Labute approximate surface area is 95.0 Å². The number of Topliss-reactive ketones (excluding diaryl/α,β-unsaturated/α-hetero) is 1. The van der Waals surface area contributed by atoms with Crippen LogP contribution in [0.1, 0.15) is 47.5 Å². The number of ketones is 1. The minimum atomic E-state index is 0.210. The van der Waals surface area contributed by atoms with E-state index in [0.717, 1.165) is 19.5 Å². The molecule has 0 bridgehead atoms. The molecule has 1 saturated heterocycles. The van der Waals surface area contributed by atoms with E-state index >= 15 is 0 Å². The van der Waals surface area contributed by atoms with Gasteiger partial charge >= 0.3 is 0 Å². The monoisotopic (exact) mass is 213 g/mol. The number of piperidine rings is 1. The second-order valence-electron chi connectivity index (χ2n) is 4.29. The fourth-order valence-electron chi connectivity index (χ4n) is 2.05. The van der Waals surface area contributed by atoms with Gasteiger partial charge in [-0.15, -0.1) is 0 Å². The molecule has 2 heteroatoms. The van der Waals surface area contributed by atoms with Crippen molar-refractivity contribution in [2.75, 3.05) is 19.6 Å². The van der Waals surface area contributed by atoms with Gasteiger partial charge in [0.05, 0.1) is 0 Å². The van der Waals surface area contributed by atoms with Gasteiger partial charge in [0.25, 0.3) is 0 Å². The predicted octanol–water partition coefficient (Wildman–Crippen LogP) is 2.97. The number of nitrogens with zero attached hydrogens (tertiary/aromatic N) is 1. The van der Waals surface area contributed by atoms with Crippen molar-refractivity contribution in [3.63, 3.8) is 0 Å². The summed E-state index contributed by atoms with van der Waals surface area (Å²) in [5.41, 5.74) is 0. The highest BCUT2D eigenvalue weighted by molar-refractivity contribution is 5.83. The summed E-state index contributed by atoms with van der Waals surface area (Å²) in [5.74, 6) is 0.980. The third kappa shape index (κ3) is 4.78. The van der Waals surface area contributed by atoms with Crippen molar-refractivity contribution in [2.45, 2.75) is 47.5 Å². The summed E-state index contributed by atoms with van der Waals surface area (Å²) in [5, 5.41) is 0. The molecule has 2 nitrogen and oxygen atoms in total. The van der Waals surface area contributed by atoms with E-state index in [1.165, 1.54) is 13.0 Å². The lowest BCUT2D eigenvalue weighted by molar-refractivity contribution is -0.127. The summed E-state index contributed by atoms with van der Waals surface area (Å²) in [6.07, 6.45) is 2.30. The highest BCUT2D eigenvalue weighted by Crippen LogP contribution is 2.19. The Morgan fingerprint density at radius 1 is 1.40 bits per heavy atom. The van der Waals surface area contributed by atoms with Crippen LogP contribution in [0.3, 0.4) is 0 Å². The zero-order chi connectivity index (χ0) is 11.8. The first-order valence-electron chi connectivity index (χ1n) is 6.41. The van der Waals surface area contributed by atoms with Crippen LogP contribution in [-0.4, -0.2) is 30.3 Å². The molecular weight excluding hydrogens is 186 g/mol. The van der Waals surface area contributed by atoms with Crippen LogP contribution in [0.4, 0.5) is 0 Å². The van der Waals surface area contributed by atoms with Crippen LogP contribution in [0.15, 0.2) is 0 Å². The van der Waals surface area contributed by atoms with Gasteiger partial charge in [-0.05, 0) is 25.9 Å². The summed E-state index contributed by atoms with van der Waals surface area (Å²) < 4.78 is 0. The van der Waals surface area contributed by atoms with Crippen molar-refractivity contribution in [3.05, 3.63) is 0 Å². The maximum atomic E-state index is 11.7. The third-order valence-corrected chi connectivity index (χ3v) is 2.92. The van der Waals surface area contributed by atoms with E-state index in [9.17, 15) is 4.79 Å². The maximum Gasteiger partial charge on any atom is 0.139 e.